The molecule has 3 aromatic rings. The molecule has 0 aliphatic carbocycles. The fourth-order valence-corrected chi connectivity index (χ4v) is 4.23. The van der Waals surface area contributed by atoms with Gasteiger partial charge in [0.15, 0.2) is 4.96 Å². The summed E-state index contributed by atoms with van der Waals surface area (Å²) < 4.78 is 1.55. The Labute approximate surface area is 155 Å². The third-order valence-electron chi connectivity index (χ3n) is 4.94. The molecule has 26 heavy (non-hydrogen) atoms. The van der Waals surface area contributed by atoms with Crippen molar-refractivity contribution in [3.05, 3.63) is 63.0 Å². The fourth-order valence-electron chi connectivity index (χ4n) is 3.30. The molecular formula is C19H20N4O2S. The molecule has 0 spiro atoms. The lowest BCUT2D eigenvalue weighted by Gasteiger charge is -2.36. The van der Waals surface area contributed by atoms with Crippen LogP contribution >= 0.6 is 11.3 Å². The first-order valence-electron chi connectivity index (χ1n) is 8.63. The molecule has 1 saturated heterocycles. The van der Waals surface area contributed by atoms with Crippen LogP contribution in [0, 0.1) is 13.8 Å². The zero-order chi connectivity index (χ0) is 18.3. The van der Waals surface area contributed by atoms with Crippen LogP contribution in [0.5, 0.6) is 0 Å². The second-order valence-corrected chi connectivity index (χ2v) is 7.64. The van der Waals surface area contributed by atoms with Crippen LogP contribution < -0.4 is 10.5 Å². The van der Waals surface area contributed by atoms with Gasteiger partial charge in [0.25, 0.3) is 11.5 Å². The highest BCUT2D eigenvalue weighted by molar-refractivity contribution is 7.17. The molecule has 0 unspecified atom stereocenters. The molecule has 2 aromatic heterocycles. The molecule has 0 atom stereocenters. The van der Waals surface area contributed by atoms with Gasteiger partial charge in [0.1, 0.15) is 5.56 Å². The van der Waals surface area contributed by atoms with Crippen molar-refractivity contribution in [2.45, 2.75) is 13.8 Å². The Morgan fingerprint density at radius 2 is 1.77 bits per heavy atom. The second-order valence-electron chi connectivity index (χ2n) is 6.45. The molecule has 7 heteroatoms. The number of fused-ring (bicyclic) bond motifs is 1. The van der Waals surface area contributed by atoms with E-state index in [2.05, 4.69) is 22.0 Å². The fraction of sp³-hybridized carbons (Fsp3) is 0.316. The number of rotatable bonds is 2. The average molecular weight is 368 g/mol. The number of para-hydroxylation sites is 1. The molecular weight excluding hydrogens is 348 g/mol. The van der Waals surface area contributed by atoms with Gasteiger partial charge in [-0.25, -0.2) is 4.98 Å². The minimum absolute atomic E-state index is 0.150. The van der Waals surface area contributed by atoms with E-state index in [1.807, 2.05) is 32.0 Å². The normalized spacial score (nSPS) is 14.8. The number of anilines is 1. The first kappa shape index (κ1) is 16.8. The van der Waals surface area contributed by atoms with Gasteiger partial charge in [-0.1, -0.05) is 18.2 Å². The summed E-state index contributed by atoms with van der Waals surface area (Å²) in [7, 11) is 0. The van der Waals surface area contributed by atoms with E-state index in [1.165, 1.54) is 17.5 Å². The summed E-state index contributed by atoms with van der Waals surface area (Å²) in [6.45, 7) is 6.54. The zero-order valence-corrected chi connectivity index (χ0v) is 15.6. The number of amides is 1. The first-order valence-corrected chi connectivity index (χ1v) is 9.45. The number of benzene rings is 1. The van der Waals surface area contributed by atoms with Gasteiger partial charge in [0, 0.05) is 48.6 Å². The van der Waals surface area contributed by atoms with Crippen LogP contribution in [0.15, 0.2) is 41.3 Å². The second kappa shape index (κ2) is 6.57. The highest BCUT2D eigenvalue weighted by atomic mass is 32.1. The summed E-state index contributed by atoms with van der Waals surface area (Å²) in [5, 5.41) is 0. The summed E-state index contributed by atoms with van der Waals surface area (Å²) in [6, 6.07) is 10.2. The number of thiazole rings is 1. The summed E-state index contributed by atoms with van der Waals surface area (Å²) >= 11 is 1.47. The van der Waals surface area contributed by atoms with Crippen molar-refractivity contribution in [1.82, 2.24) is 14.3 Å². The maximum atomic E-state index is 12.9. The highest BCUT2D eigenvalue weighted by Gasteiger charge is 2.25. The Morgan fingerprint density at radius 1 is 1.08 bits per heavy atom. The Hall–Kier alpha value is -2.67. The smallest absolute Gasteiger partial charge is 0.271 e. The van der Waals surface area contributed by atoms with Gasteiger partial charge in [-0.3, -0.25) is 14.0 Å². The lowest BCUT2D eigenvalue weighted by Crippen LogP contribution is -2.49. The molecule has 0 saturated carbocycles. The molecule has 134 valence electrons. The molecule has 0 radical (unpaired) electrons. The summed E-state index contributed by atoms with van der Waals surface area (Å²) in [5.74, 6) is -0.229. The maximum Gasteiger partial charge on any atom is 0.271 e. The van der Waals surface area contributed by atoms with E-state index < -0.39 is 0 Å². The van der Waals surface area contributed by atoms with Crippen LogP contribution in [0.3, 0.4) is 0 Å². The van der Waals surface area contributed by atoms with Crippen molar-refractivity contribution in [3.63, 3.8) is 0 Å². The van der Waals surface area contributed by atoms with Crippen LogP contribution in [-0.4, -0.2) is 46.4 Å². The molecule has 1 aromatic carbocycles. The number of hydrogen-bond acceptors (Lipinski definition) is 5. The first-order chi connectivity index (χ1) is 12.6. The van der Waals surface area contributed by atoms with E-state index in [0.29, 0.717) is 18.1 Å². The minimum Gasteiger partial charge on any atom is -0.368 e. The van der Waals surface area contributed by atoms with Crippen molar-refractivity contribution >= 4 is 27.9 Å². The van der Waals surface area contributed by atoms with Crippen LogP contribution in [-0.2, 0) is 0 Å². The van der Waals surface area contributed by atoms with Crippen molar-refractivity contribution < 1.29 is 4.79 Å². The monoisotopic (exact) mass is 368 g/mol. The Morgan fingerprint density at radius 3 is 2.46 bits per heavy atom. The zero-order valence-electron chi connectivity index (χ0n) is 14.8. The predicted molar refractivity (Wildman–Crippen MR) is 103 cm³/mol. The number of carbonyl (C=O) groups is 1. The SMILES string of the molecule is Cc1sc2ncc(C(=O)N3CCN(c4ccccc4)CC3)c(=O)n2c1C. The number of nitrogens with zero attached hydrogens (tertiary/aromatic N) is 4. The number of aromatic nitrogens is 2. The van der Waals surface area contributed by atoms with E-state index in [9.17, 15) is 9.59 Å². The number of aryl methyl sites for hydroxylation is 2. The third kappa shape index (κ3) is 2.78. The lowest BCUT2D eigenvalue weighted by atomic mass is 10.2. The van der Waals surface area contributed by atoms with E-state index in [-0.39, 0.29) is 17.0 Å². The van der Waals surface area contributed by atoms with Crippen molar-refractivity contribution in [3.8, 4) is 0 Å². The lowest BCUT2D eigenvalue weighted by molar-refractivity contribution is 0.0744. The van der Waals surface area contributed by atoms with Crippen LogP contribution in [0.1, 0.15) is 20.9 Å². The molecule has 4 rings (SSSR count). The van der Waals surface area contributed by atoms with Crippen molar-refractivity contribution in [1.29, 1.82) is 0 Å². The number of carbonyl (C=O) groups excluding carboxylic acids is 1. The molecule has 6 nitrogen and oxygen atoms in total. The standard InChI is InChI=1S/C19H20N4O2S/c1-13-14(2)26-19-20-12-16(18(25)23(13)19)17(24)22-10-8-21(9-11-22)15-6-4-3-5-7-15/h3-7,12H,8-11H2,1-2H3. The van der Waals surface area contributed by atoms with Gasteiger partial charge in [-0.15, -0.1) is 11.3 Å². The molecule has 1 aliphatic rings. The van der Waals surface area contributed by atoms with E-state index in [4.69, 9.17) is 0 Å². The van der Waals surface area contributed by atoms with Gasteiger partial charge in [-0.2, -0.15) is 0 Å². The topological polar surface area (TPSA) is 57.9 Å². The highest BCUT2D eigenvalue weighted by Crippen LogP contribution is 2.19. The van der Waals surface area contributed by atoms with Gasteiger partial charge in [-0.05, 0) is 26.0 Å². The molecule has 0 N–H and O–H groups in total. The van der Waals surface area contributed by atoms with Crippen LogP contribution in [0.4, 0.5) is 5.69 Å². The molecule has 3 heterocycles. The van der Waals surface area contributed by atoms with E-state index >= 15 is 0 Å². The molecule has 1 amide bonds. The van der Waals surface area contributed by atoms with Gasteiger partial charge in [0.2, 0.25) is 0 Å². The Kier molecular flexibility index (Phi) is 4.24. The van der Waals surface area contributed by atoms with Crippen molar-refractivity contribution in [2.75, 3.05) is 31.1 Å². The molecule has 0 bridgehead atoms. The summed E-state index contributed by atoms with van der Waals surface area (Å²) in [4.78, 5) is 35.7. The maximum absolute atomic E-state index is 12.9. The number of hydrogen-bond donors (Lipinski definition) is 0. The van der Waals surface area contributed by atoms with Gasteiger partial charge in [0.05, 0.1) is 0 Å². The van der Waals surface area contributed by atoms with Gasteiger partial charge < -0.3 is 9.80 Å². The number of piperazine rings is 1. The van der Waals surface area contributed by atoms with Crippen LogP contribution in [0.25, 0.3) is 4.96 Å². The predicted octanol–water partition coefficient (Wildman–Crippen LogP) is 2.34. The Bertz CT molecular complexity index is 1020. The van der Waals surface area contributed by atoms with E-state index in [1.54, 1.807) is 9.30 Å². The average Bonchev–Trinajstić information content (AvgIpc) is 2.97. The van der Waals surface area contributed by atoms with E-state index in [0.717, 1.165) is 29.3 Å². The Balaban J connectivity index is 1.56. The van der Waals surface area contributed by atoms with Crippen LogP contribution in [0.2, 0.25) is 0 Å². The van der Waals surface area contributed by atoms with Gasteiger partial charge >= 0.3 is 0 Å². The largest absolute Gasteiger partial charge is 0.368 e. The molecule has 1 fully saturated rings. The summed E-state index contributed by atoms with van der Waals surface area (Å²) in [6.07, 6.45) is 1.43. The van der Waals surface area contributed by atoms with Crippen molar-refractivity contribution in [2.24, 2.45) is 0 Å². The third-order valence-corrected chi connectivity index (χ3v) is 6.01. The quantitative estimate of drug-likeness (QED) is 0.697. The summed E-state index contributed by atoms with van der Waals surface area (Å²) in [5.41, 5.74) is 1.89. The molecule has 1 aliphatic heterocycles. The minimum atomic E-state index is -0.271.